The molecule has 5 nitrogen and oxygen atoms in total. The summed E-state index contributed by atoms with van der Waals surface area (Å²) >= 11 is 0. The third-order valence-electron chi connectivity index (χ3n) is 3.73. The van der Waals surface area contributed by atoms with Crippen LogP contribution in [0.5, 0.6) is 5.75 Å². The summed E-state index contributed by atoms with van der Waals surface area (Å²) in [5.74, 6) is 1.52. The van der Waals surface area contributed by atoms with Gasteiger partial charge in [-0.2, -0.15) is 0 Å². The molecule has 0 spiro atoms. The number of rotatable bonds is 6. The number of benzene rings is 1. The number of aryl methyl sites for hydroxylation is 3. The number of hydrogen-bond donors (Lipinski definition) is 1. The molecule has 0 atom stereocenters. The summed E-state index contributed by atoms with van der Waals surface area (Å²) in [5, 5.41) is 6.72. The molecule has 1 aromatic carbocycles. The minimum absolute atomic E-state index is 0.228. The Balaban J connectivity index is 2.09. The molecule has 0 unspecified atom stereocenters. The predicted molar refractivity (Wildman–Crippen MR) is 88.7 cm³/mol. The van der Waals surface area contributed by atoms with Gasteiger partial charge in [-0.15, -0.1) is 0 Å². The second kappa shape index (κ2) is 7.31. The summed E-state index contributed by atoms with van der Waals surface area (Å²) in [5.41, 5.74) is 3.36. The smallest absolute Gasteiger partial charge is 0.273 e. The van der Waals surface area contributed by atoms with Crippen molar-refractivity contribution in [1.29, 1.82) is 0 Å². The zero-order valence-electron chi connectivity index (χ0n) is 14.4. The highest BCUT2D eigenvalue weighted by Crippen LogP contribution is 2.20. The van der Waals surface area contributed by atoms with Crippen molar-refractivity contribution in [2.75, 3.05) is 6.54 Å². The molecule has 0 bridgehead atoms. The third-order valence-corrected chi connectivity index (χ3v) is 3.73. The van der Waals surface area contributed by atoms with Crippen molar-refractivity contribution in [2.24, 2.45) is 5.92 Å². The first-order valence-electron chi connectivity index (χ1n) is 7.82. The number of ether oxygens (including phenoxy) is 1. The number of aromatic nitrogens is 1. The lowest BCUT2D eigenvalue weighted by atomic mass is 10.1. The van der Waals surface area contributed by atoms with Crippen molar-refractivity contribution in [3.8, 4) is 5.75 Å². The third kappa shape index (κ3) is 4.34. The summed E-state index contributed by atoms with van der Waals surface area (Å²) in [6, 6.07) is 5.92. The number of carbonyl (C=O) groups excluding carboxylic acids is 1. The van der Waals surface area contributed by atoms with Crippen molar-refractivity contribution in [3.63, 3.8) is 0 Å². The van der Waals surface area contributed by atoms with Gasteiger partial charge in [0.25, 0.3) is 5.91 Å². The van der Waals surface area contributed by atoms with E-state index in [0.717, 1.165) is 5.75 Å². The molecule has 1 aromatic heterocycles. The maximum absolute atomic E-state index is 12.2. The fraction of sp³-hybridized carbons (Fsp3) is 0.444. The molecule has 5 heteroatoms. The van der Waals surface area contributed by atoms with Crippen LogP contribution in [0.25, 0.3) is 0 Å². The molecule has 124 valence electrons. The van der Waals surface area contributed by atoms with Crippen molar-refractivity contribution in [3.05, 3.63) is 46.3 Å². The molecule has 1 N–H and O–H groups in total. The first-order valence-corrected chi connectivity index (χ1v) is 7.82. The Hall–Kier alpha value is -2.30. The van der Waals surface area contributed by atoms with E-state index in [-0.39, 0.29) is 12.5 Å². The fourth-order valence-electron chi connectivity index (χ4n) is 2.08. The highest BCUT2D eigenvalue weighted by molar-refractivity contribution is 5.93. The zero-order chi connectivity index (χ0) is 17.0. The van der Waals surface area contributed by atoms with E-state index in [1.807, 2.05) is 39.0 Å². The lowest BCUT2D eigenvalue weighted by molar-refractivity contribution is 0.0937. The fourth-order valence-corrected chi connectivity index (χ4v) is 2.08. The van der Waals surface area contributed by atoms with E-state index in [2.05, 4.69) is 17.4 Å². The number of hydrogen-bond acceptors (Lipinski definition) is 4. The SMILES string of the molecule is Cc1ccc(OCc2c(C(=O)NCC(C)C)noc2C)cc1C. The van der Waals surface area contributed by atoms with Crippen molar-refractivity contribution in [2.45, 2.75) is 41.2 Å². The Morgan fingerprint density at radius 2 is 2.00 bits per heavy atom. The zero-order valence-corrected chi connectivity index (χ0v) is 14.4. The normalized spacial score (nSPS) is 10.9. The Morgan fingerprint density at radius 1 is 1.26 bits per heavy atom. The quantitative estimate of drug-likeness (QED) is 0.885. The van der Waals surface area contributed by atoms with Crippen molar-refractivity contribution >= 4 is 5.91 Å². The van der Waals surface area contributed by atoms with Gasteiger partial charge in [0.1, 0.15) is 18.1 Å². The number of carbonyl (C=O) groups is 1. The van der Waals surface area contributed by atoms with Crippen LogP contribution in [0, 0.1) is 26.7 Å². The molecule has 1 heterocycles. The van der Waals surface area contributed by atoms with Crippen molar-refractivity contribution < 1.29 is 14.1 Å². The van der Waals surface area contributed by atoms with Crippen molar-refractivity contribution in [1.82, 2.24) is 10.5 Å². The number of nitrogens with zero attached hydrogens (tertiary/aromatic N) is 1. The van der Waals surface area contributed by atoms with Crippen LogP contribution in [0.1, 0.15) is 46.8 Å². The molecule has 0 saturated heterocycles. The molecule has 0 aliphatic rings. The Labute approximate surface area is 137 Å². The van der Waals surface area contributed by atoms with Gasteiger partial charge < -0.3 is 14.6 Å². The average Bonchev–Trinajstić information content (AvgIpc) is 2.87. The first kappa shape index (κ1) is 17.1. The van der Waals surface area contributed by atoms with Crippen LogP contribution in [-0.2, 0) is 6.61 Å². The van der Waals surface area contributed by atoms with Crippen LogP contribution in [0.2, 0.25) is 0 Å². The van der Waals surface area contributed by atoms with E-state index in [0.29, 0.717) is 29.5 Å². The van der Waals surface area contributed by atoms with E-state index in [4.69, 9.17) is 9.26 Å². The van der Waals surface area contributed by atoms with Crippen LogP contribution >= 0.6 is 0 Å². The minimum atomic E-state index is -0.228. The molecular weight excluding hydrogens is 292 g/mol. The lowest BCUT2D eigenvalue weighted by Gasteiger charge is -2.09. The van der Waals surface area contributed by atoms with Gasteiger partial charge in [-0.25, -0.2) is 0 Å². The van der Waals surface area contributed by atoms with Gasteiger partial charge in [0.2, 0.25) is 0 Å². The summed E-state index contributed by atoms with van der Waals surface area (Å²) in [6.45, 7) is 10.8. The maximum Gasteiger partial charge on any atom is 0.273 e. The van der Waals surface area contributed by atoms with Gasteiger partial charge in [0.15, 0.2) is 5.69 Å². The highest BCUT2D eigenvalue weighted by atomic mass is 16.5. The van der Waals surface area contributed by atoms with Crippen LogP contribution in [0.4, 0.5) is 0 Å². The number of nitrogens with one attached hydrogen (secondary N) is 1. The van der Waals surface area contributed by atoms with E-state index in [9.17, 15) is 4.79 Å². The molecule has 0 aliphatic carbocycles. The van der Waals surface area contributed by atoms with E-state index in [1.54, 1.807) is 6.92 Å². The first-order chi connectivity index (χ1) is 10.9. The minimum Gasteiger partial charge on any atom is -0.489 e. The number of amides is 1. The summed E-state index contributed by atoms with van der Waals surface area (Å²) in [6.07, 6.45) is 0. The summed E-state index contributed by atoms with van der Waals surface area (Å²) < 4.78 is 11.0. The molecule has 0 aliphatic heterocycles. The van der Waals surface area contributed by atoms with Gasteiger partial charge in [-0.1, -0.05) is 25.1 Å². The highest BCUT2D eigenvalue weighted by Gasteiger charge is 2.20. The predicted octanol–water partition coefficient (Wildman–Crippen LogP) is 3.56. The van der Waals surface area contributed by atoms with Crippen LogP contribution in [0.3, 0.4) is 0 Å². The molecular formula is C18H24N2O3. The molecule has 0 saturated carbocycles. The molecule has 2 rings (SSSR count). The van der Waals surface area contributed by atoms with Gasteiger partial charge in [0, 0.05) is 6.54 Å². The maximum atomic E-state index is 12.2. The Morgan fingerprint density at radius 3 is 2.65 bits per heavy atom. The Bertz CT molecular complexity index is 690. The molecule has 2 aromatic rings. The van der Waals surface area contributed by atoms with E-state index >= 15 is 0 Å². The van der Waals surface area contributed by atoms with E-state index in [1.165, 1.54) is 11.1 Å². The monoisotopic (exact) mass is 316 g/mol. The second-order valence-corrected chi connectivity index (χ2v) is 6.20. The Kier molecular flexibility index (Phi) is 5.42. The topological polar surface area (TPSA) is 64.4 Å². The van der Waals surface area contributed by atoms with Gasteiger partial charge in [-0.3, -0.25) is 4.79 Å². The lowest BCUT2D eigenvalue weighted by Crippen LogP contribution is -2.28. The molecule has 0 fully saturated rings. The van der Waals surface area contributed by atoms with Crippen LogP contribution < -0.4 is 10.1 Å². The van der Waals surface area contributed by atoms with Gasteiger partial charge in [0.05, 0.1) is 5.56 Å². The largest absolute Gasteiger partial charge is 0.489 e. The van der Waals surface area contributed by atoms with Gasteiger partial charge in [-0.05, 0) is 49.9 Å². The molecule has 0 radical (unpaired) electrons. The summed E-state index contributed by atoms with van der Waals surface area (Å²) in [7, 11) is 0. The van der Waals surface area contributed by atoms with Crippen LogP contribution in [0.15, 0.2) is 22.7 Å². The van der Waals surface area contributed by atoms with Crippen LogP contribution in [-0.4, -0.2) is 17.6 Å². The average molecular weight is 316 g/mol. The van der Waals surface area contributed by atoms with Gasteiger partial charge >= 0.3 is 0 Å². The second-order valence-electron chi connectivity index (χ2n) is 6.20. The van der Waals surface area contributed by atoms with E-state index < -0.39 is 0 Å². The molecule has 23 heavy (non-hydrogen) atoms. The standard InChI is InChI=1S/C18H24N2O3/c1-11(2)9-19-18(21)17-16(14(5)23-20-17)10-22-15-7-6-12(3)13(4)8-15/h6-8,11H,9-10H2,1-5H3,(H,19,21). The molecule has 1 amide bonds. The summed E-state index contributed by atoms with van der Waals surface area (Å²) in [4.78, 5) is 12.2.